The van der Waals surface area contributed by atoms with Gasteiger partial charge in [-0.15, -0.1) is 0 Å². The van der Waals surface area contributed by atoms with Gasteiger partial charge in [0.2, 0.25) is 0 Å². The fourth-order valence-electron chi connectivity index (χ4n) is 3.61. The number of halogens is 2. The number of benzene rings is 3. The SMILES string of the molecule is C[C@H](Oc1ccc(Cl)cc1OC1CN(Cc2ccccc2)C1)c1cccc(CF)c1. The lowest BCUT2D eigenvalue weighted by atomic mass is 10.1. The van der Waals surface area contributed by atoms with Crippen molar-refractivity contribution in [1.29, 1.82) is 0 Å². The minimum Gasteiger partial charge on any atom is -0.484 e. The first-order valence-electron chi connectivity index (χ1n) is 10.1. The molecule has 0 radical (unpaired) electrons. The molecular formula is C25H25ClFNO2. The highest BCUT2D eigenvalue weighted by Gasteiger charge is 2.29. The van der Waals surface area contributed by atoms with Gasteiger partial charge in [0.1, 0.15) is 18.9 Å². The summed E-state index contributed by atoms with van der Waals surface area (Å²) < 4.78 is 25.3. The number of rotatable bonds is 8. The van der Waals surface area contributed by atoms with Gasteiger partial charge >= 0.3 is 0 Å². The Hall–Kier alpha value is -2.56. The number of likely N-dealkylation sites (tertiary alicyclic amines) is 1. The zero-order chi connectivity index (χ0) is 20.9. The Morgan fingerprint density at radius 2 is 1.73 bits per heavy atom. The van der Waals surface area contributed by atoms with Crippen LogP contribution in [0.4, 0.5) is 4.39 Å². The van der Waals surface area contributed by atoms with Crippen molar-refractivity contribution in [1.82, 2.24) is 4.90 Å². The van der Waals surface area contributed by atoms with Crippen LogP contribution in [0.15, 0.2) is 72.8 Å². The molecule has 0 aliphatic carbocycles. The van der Waals surface area contributed by atoms with Gasteiger partial charge < -0.3 is 9.47 Å². The highest BCUT2D eigenvalue weighted by atomic mass is 35.5. The molecule has 3 aromatic rings. The summed E-state index contributed by atoms with van der Waals surface area (Å²) in [6.45, 7) is 4.09. The Kier molecular flexibility index (Phi) is 6.56. The molecule has 1 heterocycles. The molecule has 0 saturated carbocycles. The third kappa shape index (κ3) is 5.13. The Balaban J connectivity index is 1.39. The summed E-state index contributed by atoms with van der Waals surface area (Å²) in [5.74, 6) is 1.28. The minimum atomic E-state index is -0.489. The van der Waals surface area contributed by atoms with E-state index >= 15 is 0 Å². The van der Waals surface area contributed by atoms with Crippen LogP contribution in [0.5, 0.6) is 11.5 Å². The lowest BCUT2D eigenvalue weighted by Gasteiger charge is -2.39. The summed E-state index contributed by atoms with van der Waals surface area (Å²) >= 11 is 6.20. The maximum Gasteiger partial charge on any atom is 0.163 e. The van der Waals surface area contributed by atoms with Gasteiger partial charge in [-0.1, -0.05) is 60.1 Å². The van der Waals surface area contributed by atoms with Crippen molar-refractivity contribution in [2.45, 2.75) is 32.4 Å². The molecule has 156 valence electrons. The van der Waals surface area contributed by atoms with Crippen LogP contribution < -0.4 is 9.47 Å². The van der Waals surface area contributed by atoms with Crippen molar-refractivity contribution in [2.75, 3.05) is 13.1 Å². The zero-order valence-electron chi connectivity index (χ0n) is 16.9. The van der Waals surface area contributed by atoms with E-state index in [-0.39, 0.29) is 12.2 Å². The van der Waals surface area contributed by atoms with E-state index in [0.29, 0.717) is 22.1 Å². The van der Waals surface area contributed by atoms with Gasteiger partial charge in [-0.2, -0.15) is 0 Å². The highest BCUT2D eigenvalue weighted by molar-refractivity contribution is 6.30. The second-order valence-corrected chi connectivity index (χ2v) is 8.09. The normalized spacial score (nSPS) is 15.4. The number of hydrogen-bond donors (Lipinski definition) is 0. The monoisotopic (exact) mass is 425 g/mol. The molecule has 0 N–H and O–H groups in total. The molecular weight excluding hydrogens is 401 g/mol. The smallest absolute Gasteiger partial charge is 0.163 e. The van der Waals surface area contributed by atoms with Gasteiger partial charge in [-0.25, -0.2) is 4.39 Å². The van der Waals surface area contributed by atoms with E-state index in [0.717, 1.165) is 25.2 Å². The van der Waals surface area contributed by atoms with Crippen LogP contribution in [0.1, 0.15) is 29.7 Å². The van der Waals surface area contributed by atoms with Crippen molar-refractivity contribution in [3.63, 3.8) is 0 Å². The number of hydrogen-bond acceptors (Lipinski definition) is 3. The van der Waals surface area contributed by atoms with Crippen molar-refractivity contribution in [3.05, 3.63) is 94.5 Å². The van der Waals surface area contributed by atoms with E-state index in [1.165, 1.54) is 5.56 Å². The van der Waals surface area contributed by atoms with Crippen LogP contribution >= 0.6 is 11.6 Å². The molecule has 0 unspecified atom stereocenters. The minimum absolute atomic E-state index is 0.0969. The van der Waals surface area contributed by atoms with E-state index in [1.54, 1.807) is 18.2 Å². The number of ether oxygens (including phenoxy) is 2. The summed E-state index contributed by atoms with van der Waals surface area (Å²) in [7, 11) is 0. The average molecular weight is 426 g/mol. The maximum absolute atomic E-state index is 13.0. The molecule has 1 atom stereocenters. The molecule has 4 rings (SSSR count). The van der Waals surface area contributed by atoms with E-state index in [2.05, 4.69) is 29.2 Å². The quantitative estimate of drug-likeness (QED) is 0.428. The fraction of sp³-hybridized carbons (Fsp3) is 0.280. The summed E-state index contributed by atoms with van der Waals surface area (Å²) in [5.41, 5.74) is 2.86. The van der Waals surface area contributed by atoms with Crippen molar-refractivity contribution in [2.24, 2.45) is 0 Å². The standard InChI is InChI=1S/C25H25ClFNO2/c1-18(21-9-5-8-20(12-21)14-27)29-24-11-10-22(26)13-25(24)30-23-16-28(17-23)15-19-6-3-2-4-7-19/h2-13,18,23H,14-17H2,1H3/t18-/m0/s1. The molecule has 1 aliphatic rings. The predicted octanol–water partition coefficient (Wildman–Crippen LogP) is 6.21. The van der Waals surface area contributed by atoms with E-state index in [1.807, 2.05) is 37.3 Å². The van der Waals surface area contributed by atoms with Gasteiger partial charge in [-0.3, -0.25) is 4.90 Å². The van der Waals surface area contributed by atoms with Crippen LogP contribution in [-0.4, -0.2) is 24.1 Å². The third-order valence-electron chi connectivity index (χ3n) is 5.25. The van der Waals surface area contributed by atoms with Crippen LogP contribution in [0.3, 0.4) is 0 Å². The first-order valence-corrected chi connectivity index (χ1v) is 10.5. The van der Waals surface area contributed by atoms with E-state index < -0.39 is 6.67 Å². The maximum atomic E-state index is 13.0. The largest absolute Gasteiger partial charge is 0.484 e. The first-order chi connectivity index (χ1) is 14.6. The van der Waals surface area contributed by atoms with Crippen LogP contribution in [0.25, 0.3) is 0 Å². The van der Waals surface area contributed by atoms with Crippen molar-refractivity contribution < 1.29 is 13.9 Å². The Bertz CT molecular complexity index is 976. The van der Waals surface area contributed by atoms with Gasteiger partial charge in [0.05, 0.1) is 0 Å². The first kappa shape index (κ1) is 20.7. The summed E-state index contributed by atoms with van der Waals surface area (Å²) in [6, 6.07) is 23.2. The molecule has 30 heavy (non-hydrogen) atoms. The van der Waals surface area contributed by atoms with Crippen molar-refractivity contribution >= 4 is 11.6 Å². The lowest BCUT2D eigenvalue weighted by molar-refractivity contribution is 0.0120. The molecule has 3 nitrogen and oxygen atoms in total. The molecule has 0 bridgehead atoms. The van der Waals surface area contributed by atoms with E-state index in [9.17, 15) is 4.39 Å². The van der Waals surface area contributed by atoms with Gasteiger partial charge in [0.15, 0.2) is 11.5 Å². The molecule has 5 heteroatoms. The second kappa shape index (κ2) is 9.50. The molecule has 0 amide bonds. The van der Waals surface area contributed by atoms with Crippen LogP contribution in [0.2, 0.25) is 5.02 Å². The third-order valence-corrected chi connectivity index (χ3v) is 5.49. The predicted molar refractivity (Wildman–Crippen MR) is 118 cm³/mol. The lowest BCUT2D eigenvalue weighted by Crippen LogP contribution is -2.53. The molecule has 1 aliphatic heterocycles. The van der Waals surface area contributed by atoms with Crippen molar-refractivity contribution in [3.8, 4) is 11.5 Å². The molecule has 1 saturated heterocycles. The van der Waals surface area contributed by atoms with E-state index in [4.69, 9.17) is 21.1 Å². The summed E-state index contributed by atoms with van der Waals surface area (Å²) in [5, 5.41) is 0.602. The Labute approximate surface area is 182 Å². The van der Waals surface area contributed by atoms with Gasteiger partial charge in [-0.05, 0) is 41.8 Å². The summed E-state index contributed by atoms with van der Waals surface area (Å²) in [4.78, 5) is 2.34. The number of alkyl halides is 1. The van der Waals surface area contributed by atoms with Crippen LogP contribution in [0, 0.1) is 0 Å². The zero-order valence-corrected chi connectivity index (χ0v) is 17.7. The molecule has 0 aromatic heterocycles. The fourth-order valence-corrected chi connectivity index (χ4v) is 3.77. The number of nitrogens with zero attached hydrogens (tertiary/aromatic N) is 1. The topological polar surface area (TPSA) is 21.7 Å². The Morgan fingerprint density at radius 3 is 2.50 bits per heavy atom. The van der Waals surface area contributed by atoms with Gasteiger partial charge in [0, 0.05) is 30.7 Å². The second-order valence-electron chi connectivity index (χ2n) is 7.65. The van der Waals surface area contributed by atoms with Crippen LogP contribution in [-0.2, 0) is 13.2 Å². The average Bonchev–Trinajstić information content (AvgIpc) is 2.74. The molecule has 0 spiro atoms. The molecule has 1 fully saturated rings. The molecule has 3 aromatic carbocycles. The highest BCUT2D eigenvalue weighted by Crippen LogP contribution is 2.35. The Morgan fingerprint density at radius 1 is 0.967 bits per heavy atom. The van der Waals surface area contributed by atoms with Gasteiger partial charge in [0.25, 0.3) is 0 Å². The summed E-state index contributed by atoms with van der Waals surface area (Å²) in [6.07, 6.45) is -0.143.